The van der Waals surface area contributed by atoms with E-state index >= 15 is 0 Å². The van der Waals surface area contributed by atoms with E-state index < -0.39 is 10.7 Å². The van der Waals surface area contributed by atoms with Crippen LogP contribution in [0.4, 0.5) is 27.1 Å². The van der Waals surface area contributed by atoms with Crippen molar-refractivity contribution in [3.8, 4) is 0 Å². The molecule has 0 unspecified atom stereocenters. The van der Waals surface area contributed by atoms with Crippen molar-refractivity contribution < 1.29 is 9.31 Å². The molecule has 2 rings (SSSR count). The predicted octanol–water partition coefficient (Wildman–Crippen LogP) is 3.82. The molecule has 19 heavy (non-hydrogen) atoms. The summed E-state index contributed by atoms with van der Waals surface area (Å²) in [4.78, 5) is 10.1. The Balaban J connectivity index is 2.26. The second-order valence-corrected chi connectivity index (χ2v) is 4.64. The van der Waals surface area contributed by atoms with Gasteiger partial charge in [0.25, 0.3) is 5.69 Å². The number of benzene rings is 2. The summed E-state index contributed by atoms with van der Waals surface area (Å²) in [5.74, 6) is -0.403. The number of nitrogens with one attached hydrogen (secondary N) is 1. The maximum absolute atomic E-state index is 13.3. The van der Waals surface area contributed by atoms with E-state index in [1.807, 2.05) is 0 Å². The first-order valence-corrected chi connectivity index (χ1v) is 6.02. The third kappa shape index (κ3) is 3.00. The zero-order valence-corrected chi connectivity index (χ0v) is 11.1. The molecule has 7 heteroatoms. The first-order chi connectivity index (χ1) is 8.97. The van der Waals surface area contributed by atoms with Gasteiger partial charge in [0, 0.05) is 17.4 Å². The highest BCUT2D eigenvalue weighted by Crippen LogP contribution is 2.27. The van der Waals surface area contributed by atoms with Gasteiger partial charge in [0.2, 0.25) is 0 Å². The summed E-state index contributed by atoms with van der Waals surface area (Å²) in [6.07, 6.45) is 0. The number of halogens is 2. The second kappa shape index (κ2) is 5.23. The van der Waals surface area contributed by atoms with Gasteiger partial charge in [-0.3, -0.25) is 10.1 Å². The smallest absolute Gasteiger partial charge is 0.292 e. The van der Waals surface area contributed by atoms with Gasteiger partial charge in [-0.05, 0) is 46.3 Å². The van der Waals surface area contributed by atoms with Crippen LogP contribution in [0.3, 0.4) is 0 Å². The highest BCUT2D eigenvalue weighted by molar-refractivity contribution is 9.10. The highest BCUT2D eigenvalue weighted by Gasteiger charge is 2.11. The Hall–Kier alpha value is -2.15. The van der Waals surface area contributed by atoms with Gasteiger partial charge >= 0.3 is 0 Å². The Kier molecular flexibility index (Phi) is 3.66. The van der Waals surface area contributed by atoms with E-state index in [1.165, 1.54) is 24.3 Å². The maximum Gasteiger partial charge on any atom is 0.292 e. The summed E-state index contributed by atoms with van der Waals surface area (Å²) in [6.45, 7) is 0. The van der Waals surface area contributed by atoms with Crippen LogP contribution in [0.2, 0.25) is 0 Å². The lowest BCUT2D eigenvalue weighted by atomic mass is 10.2. The molecule has 0 saturated carbocycles. The minimum atomic E-state index is -0.557. The summed E-state index contributed by atoms with van der Waals surface area (Å²) in [5, 5.41) is 13.5. The van der Waals surface area contributed by atoms with E-state index in [-0.39, 0.29) is 11.4 Å². The third-order valence-electron chi connectivity index (χ3n) is 2.43. The van der Waals surface area contributed by atoms with Gasteiger partial charge in [-0.15, -0.1) is 0 Å². The Morgan fingerprint density at radius 3 is 2.42 bits per heavy atom. The molecule has 0 aliphatic carbocycles. The van der Waals surface area contributed by atoms with E-state index in [4.69, 9.17) is 5.73 Å². The van der Waals surface area contributed by atoms with Crippen molar-refractivity contribution in [1.82, 2.24) is 0 Å². The van der Waals surface area contributed by atoms with Crippen molar-refractivity contribution in [3.63, 3.8) is 0 Å². The van der Waals surface area contributed by atoms with Gasteiger partial charge < -0.3 is 11.1 Å². The second-order valence-electron chi connectivity index (χ2n) is 3.78. The van der Waals surface area contributed by atoms with E-state index in [2.05, 4.69) is 21.2 Å². The van der Waals surface area contributed by atoms with Crippen LogP contribution in [0.15, 0.2) is 40.9 Å². The number of rotatable bonds is 3. The number of nitrogen functional groups attached to an aromatic ring is 1. The van der Waals surface area contributed by atoms with Crippen molar-refractivity contribution in [2.24, 2.45) is 0 Å². The van der Waals surface area contributed by atoms with Crippen LogP contribution in [-0.2, 0) is 0 Å². The summed E-state index contributed by atoms with van der Waals surface area (Å²) < 4.78 is 13.7. The lowest BCUT2D eigenvalue weighted by Gasteiger charge is -2.08. The number of hydrogen-bond donors (Lipinski definition) is 2. The Labute approximate surface area is 116 Å². The molecule has 0 saturated heterocycles. The van der Waals surface area contributed by atoms with Gasteiger partial charge in [0.1, 0.15) is 11.5 Å². The van der Waals surface area contributed by atoms with Crippen LogP contribution in [0, 0.1) is 15.9 Å². The van der Waals surface area contributed by atoms with Crippen LogP contribution in [0.5, 0.6) is 0 Å². The van der Waals surface area contributed by atoms with Gasteiger partial charge in [0.05, 0.1) is 9.40 Å². The molecule has 0 atom stereocenters. The third-order valence-corrected chi connectivity index (χ3v) is 3.08. The Bertz CT molecular complexity index is 649. The van der Waals surface area contributed by atoms with Gasteiger partial charge in [-0.2, -0.15) is 0 Å². The van der Waals surface area contributed by atoms with Crippen LogP contribution < -0.4 is 11.1 Å². The minimum Gasteiger partial charge on any atom is -0.393 e. The van der Waals surface area contributed by atoms with Gasteiger partial charge in [-0.25, -0.2) is 4.39 Å². The predicted molar refractivity (Wildman–Crippen MR) is 74.9 cm³/mol. The fourth-order valence-electron chi connectivity index (χ4n) is 1.54. The molecule has 0 aliphatic rings. The molecule has 0 heterocycles. The van der Waals surface area contributed by atoms with Crippen molar-refractivity contribution >= 4 is 38.7 Å². The van der Waals surface area contributed by atoms with Crippen molar-refractivity contribution in [3.05, 3.63) is 56.8 Å². The quantitative estimate of drug-likeness (QED) is 0.510. The van der Waals surface area contributed by atoms with Crippen LogP contribution in [-0.4, -0.2) is 4.92 Å². The molecular formula is C12H9BrFN3O2. The van der Waals surface area contributed by atoms with Gasteiger partial charge in [0.15, 0.2) is 0 Å². The summed E-state index contributed by atoms with van der Waals surface area (Å²) in [6, 6.07) is 8.78. The number of hydrogen-bond acceptors (Lipinski definition) is 4. The zero-order chi connectivity index (χ0) is 14.0. The van der Waals surface area contributed by atoms with E-state index in [1.54, 1.807) is 12.1 Å². The molecule has 2 aromatic carbocycles. The van der Waals surface area contributed by atoms with Crippen LogP contribution in [0.25, 0.3) is 0 Å². The first kappa shape index (κ1) is 13.3. The highest BCUT2D eigenvalue weighted by atomic mass is 79.9. The largest absolute Gasteiger partial charge is 0.393 e. The van der Waals surface area contributed by atoms with E-state index in [0.717, 1.165) is 0 Å². The van der Waals surface area contributed by atoms with Crippen LogP contribution in [0.1, 0.15) is 0 Å². The summed E-state index contributed by atoms with van der Waals surface area (Å²) in [7, 11) is 0. The van der Waals surface area contributed by atoms with E-state index in [0.29, 0.717) is 15.8 Å². The molecule has 98 valence electrons. The molecule has 2 aromatic rings. The molecule has 3 N–H and O–H groups in total. The number of nitro groups is 1. The SMILES string of the molecule is Nc1cc(Nc2ccc(Br)c(F)c2)ccc1[N+](=O)[O-]. The standard InChI is InChI=1S/C12H9BrFN3O2/c13-9-3-1-7(5-10(9)14)16-8-2-4-12(17(18)19)11(15)6-8/h1-6,16H,15H2. The van der Waals surface area contributed by atoms with Crippen molar-refractivity contribution in [2.75, 3.05) is 11.1 Å². The average molecular weight is 326 g/mol. The number of nitrogens with zero attached hydrogens (tertiary/aromatic N) is 1. The number of anilines is 3. The van der Waals surface area contributed by atoms with Crippen LogP contribution >= 0.6 is 15.9 Å². The molecule has 0 bridgehead atoms. The number of nitro benzene ring substituents is 1. The summed E-state index contributed by atoms with van der Waals surface area (Å²) in [5.41, 5.74) is 6.52. The minimum absolute atomic E-state index is 0.0487. The molecule has 0 amide bonds. The van der Waals surface area contributed by atoms with Crippen molar-refractivity contribution in [2.45, 2.75) is 0 Å². The molecule has 0 aliphatic heterocycles. The normalized spacial score (nSPS) is 10.2. The topological polar surface area (TPSA) is 81.2 Å². The molecule has 5 nitrogen and oxygen atoms in total. The zero-order valence-electron chi connectivity index (χ0n) is 9.56. The monoisotopic (exact) mass is 325 g/mol. The lowest BCUT2D eigenvalue weighted by molar-refractivity contribution is -0.383. The lowest BCUT2D eigenvalue weighted by Crippen LogP contribution is -1.97. The Morgan fingerprint density at radius 2 is 1.84 bits per heavy atom. The molecule has 0 spiro atoms. The van der Waals surface area contributed by atoms with Gasteiger partial charge in [-0.1, -0.05) is 0 Å². The Morgan fingerprint density at radius 1 is 1.21 bits per heavy atom. The average Bonchev–Trinajstić information content (AvgIpc) is 2.33. The molecule has 0 radical (unpaired) electrons. The first-order valence-electron chi connectivity index (χ1n) is 5.23. The summed E-state index contributed by atoms with van der Waals surface area (Å²) >= 11 is 3.05. The fourth-order valence-corrected chi connectivity index (χ4v) is 1.79. The van der Waals surface area contributed by atoms with Crippen molar-refractivity contribution in [1.29, 1.82) is 0 Å². The van der Waals surface area contributed by atoms with E-state index in [9.17, 15) is 14.5 Å². The number of nitrogens with two attached hydrogens (primary N) is 1. The molecule has 0 aromatic heterocycles. The maximum atomic E-state index is 13.3. The molecular weight excluding hydrogens is 317 g/mol. The molecule has 0 fully saturated rings. The fraction of sp³-hybridized carbons (Fsp3) is 0.